The highest BCUT2D eigenvalue weighted by Gasteiger charge is 2.50. The maximum absolute atomic E-state index is 14.6. The van der Waals surface area contributed by atoms with Gasteiger partial charge in [-0.15, -0.1) is 0 Å². The fraction of sp³-hybridized carbons (Fsp3) is 0.442. The third-order valence-corrected chi connectivity index (χ3v) is 11.5. The number of aliphatic hydroxyl groups is 2. The number of amides is 1. The van der Waals surface area contributed by atoms with Crippen LogP contribution in [0.5, 0.6) is 17.2 Å². The molecule has 2 aliphatic rings. The standard InChI is InChI=1S/C43H51N3O11/c1-19-14-16-46-28(18-19)44-32-29-30-37(50)25(7)40-31(29)41(52)43(9,57-40)55-17-15-27(54-10)22(4)39(56-26(8)47)24(6)36(49)23(5)35(48)20(2)12-11-13-21(3)42(53)45-33(34(32)46)38(30)51/h11-18,20,22-24,27,35-36,39,48-51H,1-10H3,(H,45,53)/b12-11+,17-15+,21-13-/t20-,22?,23+,24+,27-,35-,36+,39+,43-/m0/s1. The summed E-state index contributed by atoms with van der Waals surface area (Å²) in [6.45, 7) is 14.7. The van der Waals surface area contributed by atoms with E-state index in [0.29, 0.717) is 5.65 Å². The van der Waals surface area contributed by atoms with Crippen LogP contribution in [0.15, 0.2) is 54.5 Å². The van der Waals surface area contributed by atoms with Crippen molar-refractivity contribution in [2.24, 2.45) is 23.7 Å². The van der Waals surface area contributed by atoms with E-state index >= 15 is 0 Å². The second-order valence-corrected chi connectivity index (χ2v) is 15.6. The number of carbonyl (C=O) groups is 3. The molecular formula is C43H51N3O11. The van der Waals surface area contributed by atoms with Crippen molar-refractivity contribution in [1.29, 1.82) is 0 Å². The average Bonchev–Trinajstić information content (AvgIpc) is 3.67. The Bertz CT molecular complexity index is 2380. The number of imidazole rings is 1. The van der Waals surface area contributed by atoms with E-state index in [0.717, 1.165) is 5.56 Å². The summed E-state index contributed by atoms with van der Waals surface area (Å²) < 4.78 is 25.5. The summed E-state index contributed by atoms with van der Waals surface area (Å²) >= 11 is 0. The molecule has 1 unspecified atom stereocenters. The normalized spacial score (nSPS) is 30.8. The minimum Gasteiger partial charge on any atom is -0.507 e. The molecule has 2 aromatic carbocycles. The Kier molecular flexibility index (Phi) is 11.2. The van der Waals surface area contributed by atoms with E-state index < -0.39 is 77.3 Å². The molecule has 0 spiro atoms. The maximum atomic E-state index is 14.6. The number of esters is 1. The van der Waals surface area contributed by atoms with Crippen molar-refractivity contribution in [3.63, 3.8) is 0 Å². The number of phenolic OH excluding ortho intramolecular Hbond substituents is 2. The molecule has 14 heteroatoms. The highest BCUT2D eigenvalue weighted by Crippen LogP contribution is 2.54. The molecule has 2 aromatic heterocycles. The molecule has 4 heterocycles. The number of ketones is 1. The van der Waals surface area contributed by atoms with Crippen molar-refractivity contribution in [3.8, 4) is 17.2 Å². The van der Waals surface area contributed by atoms with Crippen LogP contribution in [-0.2, 0) is 23.8 Å². The summed E-state index contributed by atoms with van der Waals surface area (Å²) in [4.78, 5) is 45.6. The molecular weight excluding hydrogens is 734 g/mol. The predicted octanol–water partition coefficient (Wildman–Crippen LogP) is 6.16. The van der Waals surface area contributed by atoms with Crippen LogP contribution in [0.3, 0.4) is 0 Å². The number of allylic oxidation sites excluding steroid dienone is 2. The minimum atomic E-state index is -1.96. The van der Waals surface area contributed by atoms with Crippen LogP contribution in [0.1, 0.15) is 70.0 Å². The molecule has 14 nitrogen and oxygen atoms in total. The molecule has 6 rings (SSSR count). The largest absolute Gasteiger partial charge is 0.507 e. The Morgan fingerprint density at radius 2 is 1.68 bits per heavy atom. The summed E-state index contributed by atoms with van der Waals surface area (Å²) in [6.07, 6.45) is 5.62. The zero-order valence-electron chi connectivity index (χ0n) is 33.8. The highest BCUT2D eigenvalue weighted by molar-refractivity contribution is 6.28. The fourth-order valence-corrected chi connectivity index (χ4v) is 8.03. The van der Waals surface area contributed by atoms with Gasteiger partial charge in [0.25, 0.3) is 11.7 Å². The topological polar surface area (TPSA) is 198 Å². The summed E-state index contributed by atoms with van der Waals surface area (Å²) in [5.74, 6) is -6.96. The first-order valence-corrected chi connectivity index (χ1v) is 19.0. The van der Waals surface area contributed by atoms with E-state index in [9.17, 15) is 34.8 Å². The number of anilines is 1. The Morgan fingerprint density at radius 1 is 0.982 bits per heavy atom. The Labute approximate surface area is 330 Å². The van der Waals surface area contributed by atoms with Crippen molar-refractivity contribution in [3.05, 3.63) is 71.2 Å². The first-order chi connectivity index (χ1) is 26.8. The van der Waals surface area contributed by atoms with Crippen LogP contribution in [0.4, 0.5) is 5.69 Å². The number of aromatic nitrogens is 2. The molecule has 1 amide bonds. The van der Waals surface area contributed by atoms with Gasteiger partial charge < -0.3 is 44.7 Å². The lowest BCUT2D eigenvalue weighted by Crippen LogP contribution is -2.46. The van der Waals surface area contributed by atoms with Crippen LogP contribution in [0.25, 0.3) is 27.5 Å². The van der Waals surface area contributed by atoms with Crippen LogP contribution >= 0.6 is 0 Å². The first-order valence-electron chi connectivity index (χ1n) is 19.0. The SMILES string of the molecule is CO[C@H]1/C=C/O[C@@]2(C)Oc3c(C)c(O)c4c(O)c(c5c(nc6cc(C)ccn65)c4c3C2=O)NC(=O)/C(C)=C\C=C\[C@H](C)[C@H](O)[C@@H](C)[C@@H](O)[C@@H](C)[C@H](OC(C)=O)C1C. The van der Waals surface area contributed by atoms with Gasteiger partial charge in [0.15, 0.2) is 5.75 Å². The highest BCUT2D eigenvalue weighted by atomic mass is 16.7. The number of ether oxygens (including phenoxy) is 4. The van der Waals surface area contributed by atoms with E-state index in [1.807, 2.05) is 19.1 Å². The number of hydrogen-bond donors (Lipinski definition) is 5. The molecule has 0 fully saturated rings. The molecule has 2 aliphatic heterocycles. The number of Topliss-reactive ketones (excluding diaryl/α,β-unsaturated/α-hetero) is 1. The average molecular weight is 786 g/mol. The molecule has 0 saturated heterocycles. The monoisotopic (exact) mass is 785 g/mol. The van der Waals surface area contributed by atoms with Gasteiger partial charge in [0, 0.05) is 67.3 Å². The Hall–Kier alpha value is -5.44. The second-order valence-electron chi connectivity index (χ2n) is 15.6. The molecule has 0 saturated carbocycles. The molecule has 0 aliphatic carbocycles. The van der Waals surface area contributed by atoms with Gasteiger partial charge in [-0.2, -0.15) is 0 Å². The van der Waals surface area contributed by atoms with Crippen LogP contribution < -0.4 is 10.1 Å². The van der Waals surface area contributed by atoms with Gasteiger partial charge in [0.1, 0.15) is 40.0 Å². The smallest absolute Gasteiger partial charge is 0.312 e. The number of phenols is 2. The summed E-state index contributed by atoms with van der Waals surface area (Å²) in [6, 6.07) is 3.64. The molecule has 4 bridgehead atoms. The van der Waals surface area contributed by atoms with Crippen LogP contribution in [-0.4, -0.2) is 84.8 Å². The number of pyridine rings is 1. The summed E-state index contributed by atoms with van der Waals surface area (Å²) in [5.41, 5.74) is 2.18. The number of rotatable bonds is 2. The van der Waals surface area contributed by atoms with Crippen molar-refractivity contribution in [1.82, 2.24) is 9.38 Å². The van der Waals surface area contributed by atoms with Crippen LogP contribution in [0, 0.1) is 37.5 Å². The number of hydrogen-bond acceptors (Lipinski definition) is 12. The van der Waals surface area contributed by atoms with E-state index in [1.165, 1.54) is 40.2 Å². The zero-order valence-corrected chi connectivity index (χ0v) is 33.8. The number of aliphatic hydroxyl groups excluding tert-OH is 2. The quantitative estimate of drug-likeness (QED) is 0.115. The number of fused-ring (bicyclic) bond motifs is 2. The van der Waals surface area contributed by atoms with Crippen LogP contribution in [0.2, 0.25) is 0 Å². The Morgan fingerprint density at radius 3 is 2.35 bits per heavy atom. The number of aromatic hydroxyl groups is 2. The predicted molar refractivity (Wildman–Crippen MR) is 213 cm³/mol. The van der Waals surface area contributed by atoms with Gasteiger partial charge in [0.2, 0.25) is 0 Å². The number of carbonyl (C=O) groups excluding carboxylic acids is 3. The third-order valence-electron chi connectivity index (χ3n) is 11.5. The van der Waals surface area contributed by atoms with Gasteiger partial charge in [-0.05, 0) is 44.5 Å². The van der Waals surface area contributed by atoms with Crippen molar-refractivity contribution in [2.75, 3.05) is 12.4 Å². The zero-order chi connectivity index (χ0) is 41.8. The van der Waals surface area contributed by atoms with E-state index in [-0.39, 0.29) is 55.7 Å². The van der Waals surface area contributed by atoms with Crippen molar-refractivity contribution in [2.45, 2.75) is 92.5 Å². The molecule has 5 N–H and O–H groups in total. The molecule has 57 heavy (non-hydrogen) atoms. The summed E-state index contributed by atoms with van der Waals surface area (Å²) in [5, 5.41) is 49.4. The van der Waals surface area contributed by atoms with E-state index in [1.54, 1.807) is 63.4 Å². The summed E-state index contributed by atoms with van der Waals surface area (Å²) in [7, 11) is 1.46. The lowest BCUT2D eigenvalue weighted by molar-refractivity contribution is -0.160. The molecule has 9 atom stereocenters. The fourth-order valence-electron chi connectivity index (χ4n) is 8.03. The van der Waals surface area contributed by atoms with E-state index in [2.05, 4.69) is 5.32 Å². The van der Waals surface area contributed by atoms with Gasteiger partial charge in [0.05, 0.1) is 35.5 Å². The third kappa shape index (κ3) is 7.10. The maximum Gasteiger partial charge on any atom is 0.312 e. The molecule has 0 radical (unpaired) electrons. The van der Waals surface area contributed by atoms with Gasteiger partial charge in [-0.1, -0.05) is 45.9 Å². The molecule has 304 valence electrons. The number of benzene rings is 2. The van der Waals surface area contributed by atoms with E-state index in [4.69, 9.17) is 23.9 Å². The second kappa shape index (κ2) is 15.5. The van der Waals surface area contributed by atoms with Crippen molar-refractivity contribution < 1.29 is 53.8 Å². The Balaban J connectivity index is 1.58. The number of aryl methyl sites for hydroxylation is 1. The van der Waals surface area contributed by atoms with Gasteiger partial charge in [-0.3, -0.25) is 18.8 Å². The first kappa shape index (κ1) is 41.2. The number of nitrogens with zero attached hydrogens (tertiary/aromatic N) is 2. The number of methoxy groups -OCH3 is 1. The van der Waals surface area contributed by atoms with Gasteiger partial charge >= 0.3 is 11.8 Å². The number of nitrogens with one attached hydrogen (secondary N) is 1. The minimum absolute atomic E-state index is 0.0185. The molecule has 4 aromatic rings. The lowest BCUT2D eigenvalue weighted by atomic mass is 9.78. The van der Waals surface area contributed by atoms with Crippen molar-refractivity contribution >= 4 is 50.8 Å². The lowest BCUT2D eigenvalue weighted by Gasteiger charge is -2.38. The van der Waals surface area contributed by atoms with Gasteiger partial charge in [-0.25, -0.2) is 4.98 Å².